The quantitative estimate of drug-likeness (QED) is 0.211. The van der Waals surface area contributed by atoms with Gasteiger partial charge in [0.05, 0.1) is 0 Å². The van der Waals surface area contributed by atoms with E-state index in [1.54, 1.807) is 0 Å². The predicted molar refractivity (Wildman–Crippen MR) is 77.4 cm³/mol. The minimum Gasteiger partial charge on any atom is -0.462 e. The summed E-state index contributed by atoms with van der Waals surface area (Å²) >= 11 is 0. The van der Waals surface area contributed by atoms with Crippen LogP contribution in [-0.2, 0) is 14.3 Å². The van der Waals surface area contributed by atoms with Crippen molar-refractivity contribution in [1.29, 1.82) is 0 Å². The van der Waals surface area contributed by atoms with Crippen molar-refractivity contribution in [1.82, 2.24) is 0 Å². The molecule has 0 aromatic carbocycles. The third-order valence-corrected chi connectivity index (χ3v) is 4.00. The fourth-order valence-electron chi connectivity index (χ4n) is 1.80. The molecule has 104 valence electrons. The van der Waals surface area contributed by atoms with Crippen LogP contribution in [0.1, 0.15) is 32.6 Å². The van der Waals surface area contributed by atoms with Gasteiger partial charge >= 0.3 is 5.97 Å². The van der Waals surface area contributed by atoms with Crippen molar-refractivity contribution >= 4 is 20.3 Å². The molecule has 0 saturated carbocycles. The summed E-state index contributed by atoms with van der Waals surface area (Å²) in [7, 11) is -1.14. The van der Waals surface area contributed by atoms with Gasteiger partial charge in [0.1, 0.15) is 12.9 Å². The van der Waals surface area contributed by atoms with Crippen molar-refractivity contribution in [2.75, 3.05) is 6.61 Å². The smallest absolute Gasteiger partial charge is 0.302 e. The first-order valence-corrected chi connectivity index (χ1v) is 10.3. The van der Waals surface area contributed by atoms with Crippen molar-refractivity contribution < 1.29 is 14.3 Å². The Hall–Kier alpha value is -0.903. The maximum absolute atomic E-state index is 10.7. The lowest BCUT2D eigenvalue weighted by molar-refractivity contribution is -0.139. The molecule has 0 spiro atoms. The molecule has 3 nitrogen and oxygen atoms in total. The van der Waals surface area contributed by atoms with Crippen LogP contribution in [0, 0.1) is 0 Å². The molecule has 0 aliphatic rings. The minimum absolute atomic E-state index is 0.237. The van der Waals surface area contributed by atoms with Crippen molar-refractivity contribution in [2.45, 2.75) is 58.3 Å². The van der Waals surface area contributed by atoms with Gasteiger partial charge < -0.3 is 9.53 Å². The zero-order valence-corrected chi connectivity index (χ0v) is 13.1. The van der Waals surface area contributed by atoms with Crippen LogP contribution in [0.2, 0.25) is 25.7 Å². The largest absolute Gasteiger partial charge is 0.462 e. The van der Waals surface area contributed by atoms with Gasteiger partial charge in [-0.2, -0.15) is 0 Å². The Bertz CT molecular complexity index is 290. The van der Waals surface area contributed by atoms with Gasteiger partial charge in [-0.15, -0.1) is 0 Å². The molecular formula is C14H26O3Si. The van der Waals surface area contributed by atoms with E-state index in [0.717, 1.165) is 31.6 Å². The van der Waals surface area contributed by atoms with Crippen LogP contribution < -0.4 is 0 Å². The second kappa shape index (κ2) is 9.08. The highest BCUT2D eigenvalue weighted by Gasteiger charge is 2.15. The summed E-state index contributed by atoms with van der Waals surface area (Å²) in [5.74, 6) is -0.237. The van der Waals surface area contributed by atoms with Gasteiger partial charge in [0, 0.05) is 21.4 Å². The van der Waals surface area contributed by atoms with E-state index in [0.29, 0.717) is 13.0 Å². The van der Waals surface area contributed by atoms with Crippen LogP contribution in [0.3, 0.4) is 0 Å². The Kier molecular flexibility index (Phi) is 8.63. The number of carbonyl (C=O) groups is 2. The lowest BCUT2D eigenvalue weighted by atomic mass is 10.1. The Morgan fingerprint density at radius 3 is 2.39 bits per heavy atom. The average molecular weight is 270 g/mol. The van der Waals surface area contributed by atoms with Crippen LogP contribution in [0.15, 0.2) is 11.6 Å². The van der Waals surface area contributed by atoms with Crippen LogP contribution >= 0.6 is 0 Å². The molecule has 0 aromatic heterocycles. The second-order valence-corrected chi connectivity index (χ2v) is 11.3. The Labute approximate surface area is 112 Å². The van der Waals surface area contributed by atoms with E-state index in [2.05, 4.69) is 19.6 Å². The van der Waals surface area contributed by atoms with Gasteiger partial charge in [-0.25, -0.2) is 0 Å². The number of esters is 1. The highest BCUT2D eigenvalue weighted by atomic mass is 28.3. The number of rotatable bonds is 9. The summed E-state index contributed by atoms with van der Waals surface area (Å²) in [4.78, 5) is 21.0. The van der Waals surface area contributed by atoms with E-state index in [1.165, 1.54) is 12.5 Å². The van der Waals surface area contributed by atoms with Crippen molar-refractivity contribution in [3.05, 3.63) is 11.6 Å². The summed E-state index contributed by atoms with van der Waals surface area (Å²) in [6.45, 7) is 8.80. The van der Waals surface area contributed by atoms with Crippen molar-refractivity contribution in [3.8, 4) is 0 Å². The summed E-state index contributed by atoms with van der Waals surface area (Å²) in [5, 5.41) is 0. The number of aldehydes is 1. The molecule has 0 bridgehead atoms. The molecule has 18 heavy (non-hydrogen) atoms. The zero-order valence-electron chi connectivity index (χ0n) is 12.1. The third-order valence-electron chi connectivity index (χ3n) is 2.49. The molecule has 0 saturated heterocycles. The van der Waals surface area contributed by atoms with E-state index in [4.69, 9.17) is 4.74 Å². The first kappa shape index (κ1) is 17.1. The third kappa shape index (κ3) is 11.6. The normalized spacial score (nSPS) is 12.3. The standard InChI is InChI=1S/C14H26O3Si/c1-13(16)17-11-9-14(12-18(2,3)4)8-6-5-7-10-15/h9-10H,5-8,11-12H2,1-4H3/b14-9-. The van der Waals surface area contributed by atoms with E-state index in [1.807, 2.05) is 6.08 Å². The second-order valence-electron chi connectivity index (χ2n) is 5.81. The predicted octanol–water partition coefficient (Wildman–Crippen LogP) is 3.57. The lowest BCUT2D eigenvalue weighted by Gasteiger charge is -2.18. The maximum atomic E-state index is 10.7. The molecule has 0 N–H and O–H groups in total. The number of allylic oxidation sites excluding steroid dienone is 1. The fourth-order valence-corrected chi connectivity index (χ4v) is 3.48. The first-order valence-electron chi connectivity index (χ1n) is 6.60. The molecular weight excluding hydrogens is 244 g/mol. The number of carbonyl (C=O) groups excluding carboxylic acids is 2. The van der Waals surface area contributed by atoms with E-state index >= 15 is 0 Å². The monoisotopic (exact) mass is 270 g/mol. The van der Waals surface area contributed by atoms with Gasteiger partial charge in [0.2, 0.25) is 0 Å². The SMILES string of the molecule is CC(=O)OC/C=C(/CCCCC=O)C[Si](C)(C)C. The van der Waals surface area contributed by atoms with Crippen molar-refractivity contribution in [3.63, 3.8) is 0 Å². The number of hydrogen-bond donors (Lipinski definition) is 0. The molecule has 0 rings (SSSR count). The summed E-state index contributed by atoms with van der Waals surface area (Å²) in [6.07, 6.45) is 6.65. The average Bonchev–Trinajstić information content (AvgIpc) is 2.21. The molecule has 0 heterocycles. The highest BCUT2D eigenvalue weighted by Crippen LogP contribution is 2.21. The molecule has 0 aromatic rings. The highest BCUT2D eigenvalue weighted by molar-refractivity contribution is 6.76. The molecule has 0 aliphatic heterocycles. The van der Waals surface area contributed by atoms with Crippen LogP contribution in [0.4, 0.5) is 0 Å². The molecule has 0 radical (unpaired) electrons. The summed E-state index contributed by atoms with van der Waals surface area (Å²) in [6, 6.07) is 1.13. The Morgan fingerprint density at radius 1 is 1.22 bits per heavy atom. The molecule has 0 fully saturated rings. The number of unbranched alkanes of at least 4 members (excludes halogenated alkanes) is 2. The first-order chi connectivity index (χ1) is 8.35. The summed E-state index contributed by atoms with van der Waals surface area (Å²) in [5.41, 5.74) is 1.38. The number of ether oxygens (including phenoxy) is 1. The molecule has 4 heteroatoms. The van der Waals surface area contributed by atoms with Crippen LogP contribution in [-0.4, -0.2) is 26.9 Å². The summed E-state index contributed by atoms with van der Waals surface area (Å²) < 4.78 is 4.96. The van der Waals surface area contributed by atoms with Gasteiger partial charge in [-0.1, -0.05) is 25.2 Å². The van der Waals surface area contributed by atoms with E-state index < -0.39 is 8.07 Å². The maximum Gasteiger partial charge on any atom is 0.302 e. The topological polar surface area (TPSA) is 43.4 Å². The molecule has 0 aliphatic carbocycles. The molecule has 0 amide bonds. The van der Waals surface area contributed by atoms with Gasteiger partial charge in [0.25, 0.3) is 0 Å². The molecule has 0 atom stereocenters. The Morgan fingerprint density at radius 2 is 1.89 bits per heavy atom. The minimum atomic E-state index is -1.14. The number of hydrogen-bond acceptors (Lipinski definition) is 3. The van der Waals surface area contributed by atoms with Crippen LogP contribution in [0.25, 0.3) is 0 Å². The van der Waals surface area contributed by atoms with Crippen LogP contribution in [0.5, 0.6) is 0 Å². The van der Waals surface area contributed by atoms with Gasteiger partial charge in [-0.05, 0) is 31.4 Å². The van der Waals surface area contributed by atoms with Gasteiger partial charge in [0.15, 0.2) is 0 Å². The van der Waals surface area contributed by atoms with Gasteiger partial charge in [-0.3, -0.25) is 4.79 Å². The molecule has 0 unspecified atom stereocenters. The Balaban J connectivity index is 4.23. The fraction of sp³-hybridized carbons (Fsp3) is 0.714. The van der Waals surface area contributed by atoms with Crippen molar-refractivity contribution in [2.24, 2.45) is 0 Å². The van der Waals surface area contributed by atoms with E-state index in [9.17, 15) is 9.59 Å². The zero-order chi connectivity index (χ0) is 14.0. The van der Waals surface area contributed by atoms with E-state index in [-0.39, 0.29) is 5.97 Å². The lowest BCUT2D eigenvalue weighted by Crippen LogP contribution is -2.20.